The standard InChI is InChI=1S/C20H43N.C3H8O/c1-4-5-6-7-8-9-10-11-12-13-14-15-16-17-18-19-20-21(2)3;1-2-3-4/h4-20H2,1-3H3;4H,2-3H2,1H3. The summed E-state index contributed by atoms with van der Waals surface area (Å²) in [6.45, 7) is 5.81. The normalized spacial score (nSPS) is 10.8. The van der Waals surface area contributed by atoms with Crippen molar-refractivity contribution in [3.8, 4) is 0 Å². The Morgan fingerprint density at radius 3 is 1.00 bits per heavy atom. The highest BCUT2D eigenvalue weighted by Gasteiger charge is 1.95. The summed E-state index contributed by atoms with van der Waals surface area (Å²) in [4.78, 5) is 2.30. The Labute approximate surface area is 160 Å². The molecule has 1 N–H and O–H groups in total. The van der Waals surface area contributed by atoms with Crippen LogP contribution >= 0.6 is 0 Å². The lowest BCUT2D eigenvalue weighted by atomic mass is 10.0. The minimum absolute atomic E-state index is 0.319. The quantitative estimate of drug-likeness (QED) is 0.262. The fourth-order valence-corrected chi connectivity index (χ4v) is 2.98. The van der Waals surface area contributed by atoms with E-state index in [2.05, 4.69) is 25.9 Å². The predicted octanol–water partition coefficient (Wildman–Crippen LogP) is 7.20. The van der Waals surface area contributed by atoms with Gasteiger partial charge < -0.3 is 10.0 Å². The van der Waals surface area contributed by atoms with Crippen molar-refractivity contribution in [1.29, 1.82) is 0 Å². The lowest BCUT2D eigenvalue weighted by molar-refractivity contribution is 0.295. The molecular weight excluding hydrogens is 306 g/mol. The van der Waals surface area contributed by atoms with Crippen LogP contribution in [-0.2, 0) is 0 Å². The Hall–Kier alpha value is -0.0800. The van der Waals surface area contributed by atoms with Crippen LogP contribution in [0.4, 0.5) is 0 Å². The van der Waals surface area contributed by atoms with E-state index in [-0.39, 0.29) is 0 Å². The zero-order valence-electron chi connectivity index (χ0n) is 18.3. The van der Waals surface area contributed by atoms with Gasteiger partial charge in [0.1, 0.15) is 0 Å². The molecule has 25 heavy (non-hydrogen) atoms. The number of unbranched alkanes of at least 4 members (excludes halogenated alkanes) is 15. The monoisotopic (exact) mass is 357 g/mol. The summed E-state index contributed by atoms with van der Waals surface area (Å²) < 4.78 is 0. The summed E-state index contributed by atoms with van der Waals surface area (Å²) in [5.74, 6) is 0. The van der Waals surface area contributed by atoms with E-state index in [1.807, 2.05) is 6.92 Å². The molecule has 154 valence electrons. The van der Waals surface area contributed by atoms with Crippen LogP contribution in [0.15, 0.2) is 0 Å². The van der Waals surface area contributed by atoms with E-state index in [1.54, 1.807) is 0 Å². The van der Waals surface area contributed by atoms with Gasteiger partial charge in [0, 0.05) is 6.61 Å². The summed E-state index contributed by atoms with van der Waals surface area (Å²) in [5.41, 5.74) is 0. The molecule has 0 radical (unpaired) electrons. The topological polar surface area (TPSA) is 23.5 Å². The number of rotatable bonds is 18. The van der Waals surface area contributed by atoms with Crippen molar-refractivity contribution in [3.63, 3.8) is 0 Å². The Balaban J connectivity index is 0. The third kappa shape index (κ3) is 32.1. The molecule has 0 aromatic heterocycles. The molecule has 0 aliphatic rings. The lowest BCUT2D eigenvalue weighted by Crippen LogP contribution is -2.12. The number of hydrogen-bond acceptors (Lipinski definition) is 2. The van der Waals surface area contributed by atoms with Crippen LogP contribution in [0.3, 0.4) is 0 Å². The lowest BCUT2D eigenvalue weighted by Gasteiger charge is -2.08. The molecule has 0 aliphatic carbocycles. The van der Waals surface area contributed by atoms with Crippen LogP contribution in [0.2, 0.25) is 0 Å². The van der Waals surface area contributed by atoms with Crippen molar-refractivity contribution < 1.29 is 5.11 Å². The van der Waals surface area contributed by atoms with E-state index in [9.17, 15) is 0 Å². The highest BCUT2D eigenvalue weighted by Crippen LogP contribution is 2.13. The molecule has 0 aliphatic heterocycles. The average Bonchev–Trinajstić information content (AvgIpc) is 2.61. The van der Waals surface area contributed by atoms with Gasteiger partial charge in [0.15, 0.2) is 0 Å². The van der Waals surface area contributed by atoms with Crippen molar-refractivity contribution in [2.45, 2.75) is 123 Å². The average molecular weight is 358 g/mol. The fourth-order valence-electron chi connectivity index (χ4n) is 2.98. The molecule has 0 aromatic rings. The number of nitrogens with zero attached hydrogens (tertiary/aromatic N) is 1. The summed E-state index contributed by atoms with van der Waals surface area (Å²) in [6.07, 6.45) is 24.2. The molecule has 0 rings (SSSR count). The zero-order valence-corrected chi connectivity index (χ0v) is 18.3. The van der Waals surface area contributed by atoms with Crippen LogP contribution in [0.1, 0.15) is 123 Å². The molecule has 0 amide bonds. The SMILES string of the molecule is CCCCCCCCCCCCCCCCCCN(C)C.CCCO. The Kier molecular flexibility index (Phi) is 28.4. The zero-order chi connectivity index (χ0) is 19.0. The summed E-state index contributed by atoms with van der Waals surface area (Å²) >= 11 is 0. The van der Waals surface area contributed by atoms with Crippen LogP contribution in [-0.4, -0.2) is 37.3 Å². The maximum absolute atomic E-state index is 7.88. The fraction of sp³-hybridized carbons (Fsp3) is 1.00. The first-order valence-corrected chi connectivity index (χ1v) is 11.4. The van der Waals surface area contributed by atoms with Gasteiger partial charge in [0.25, 0.3) is 0 Å². The van der Waals surface area contributed by atoms with Crippen molar-refractivity contribution in [2.75, 3.05) is 27.2 Å². The predicted molar refractivity (Wildman–Crippen MR) is 115 cm³/mol. The molecule has 0 unspecified atom stereocenters. The third-order valence-electron chi connectivity index (χ3n) is 4.68. The second kappa shape index (κ2) is 26.2. The van der Waals surface area contributed by atoms with Gasteiger partial charge in [-0.3, -0.25) is 0 Å². The van der Waals surface area contributed by atoms with Gasteiger partial charge >= 0.3 is 0 Å². The number of hydrogen-bond donors (Lipinski definition) is 1. The van der Waals surface area contributed by atoms with E-state index < -0.39 is 0 Å². The van der Waals surface area contributed by atoms with E-state index in [4.69, 9.17) is 5.11 Å². The van der Waals surface area contributed by atoms with Crippen molar-refractivity contribution in [2.24, 2.45) is 0 Å². The molecule has 0 aromatic carbocycles. The van der Waals surface area contributed by atoms with E-state index in [1.165, 1.54) is 109 Å². The maximum Gasteiger partial charge on any atom is 0.0428 e. The van der Waals surface area contributed by atoms with Crippen LogP contribution in [0.25, 0.3) is 0 Å². The molecule has 2 heteroatoms. The Morgan fingerprint density at radius 1 is 0.480 bits per heavy atom. The number of aliphatic hydroxyl groups is 1. The molecule has 0 bridgehead atoms. The summed E-state index contributed by atoms with van der Waals surface area (Å²) in [6, 6.07) is 0. The van der Waals surface area contributed by atoms with Crippen molar-refractivity contribution >= 4 is 0 Å². The molecule has 0 heterocycles. The molecule has 0 spiro atoms. The van der Waals surface area contributed by atoms with Crippen LogP contribution < -0.4 is 0 Å². The van der Waals surface area contributed by atoms with Crippen LogP contribution in [0, 0.1) is 0 Å². The van der Waals surface area contributed by atoms with Gasteiger partial charge in [-0.1, -0.05) is 110 Å². The molecule has 0 fully saturated rings. The van der Waals surface area contributed by atoms with Crippen LogP contribution in [0.5, 0.6) is 0 Å². The van der Waals surface area contributed by atoms with Crippen molar-refractivity contribution in [3.05, 3.63) is 0 Å². The molecular formula is C23H51NO. The maximum atomic E-state index is 7.88. The molecule has 0 atom stereocenters. The highest BCUT2D eigenvalue weighted by molar-refractivity contribution is 4.50. The molecule has 0 saturated carbocycles. The first-order chi connectivity index (χ1) is 12.2. The smallest absolute Gasteiger partial charge is 0.0428 e. The Morgan fingerprint density at radius 2 is 0.760 bits per heavy atom. The molecule has 0 saturated heterocycles. The first-order valence-electron chi connectivity index (χ1n) is 11.4. The van der Waals surface area contributed by atoms with Gasteiger partial charge in [-0.15, -0.1) is 0 Å². The van der Waals surface area contributed by atoms with E-state index >= 15 is 0 Å². The summed E-state index contributed by atoms with van der Waals surface area (Å²) in [7, 11) is 4.34. The third-order valence-corrected chi connectivity index (χ3v) is 4.68. The van der Waals surface area contributed by atoms with Crippen molar-refractivity contribution in [1.82, 2.24) is 4.90 Å². The van der Waals surface area contributed by atoms with Gasteiger partial charge in [-0.25, -0.2) is 0 Å². The van der Waals surface area contributed by atoms with Gasteiger partial charge in [-0.2, -0.15) is 0 Å². The first kappa shape index (κ1) is 27.1. The second-order valence-corrected chi connectivity index (χ2v) is 7.83. The largest absolute Gasteiger partial charge is 0.396 e. The minimum Gasteiger partial charge on any atom is -0.396 e. The minimum atomic E-state index is 0.319. The Bertz CT molecular complexity index is 204. The van der Waals surface area contributed by atoms with Gasteiger partial charge in [0.05, 0.1) is 0 Å². The summed E-state index contributed by atoms with van der Waals surface area (Å²) in [5, 5.41) is 7.88. The molecule has 2 nitrogen and oxygen atoms in total. The van der Waals surface area contributed by atoms with Gasteiger partial charge in [-0.05, 0) is 33.5 Å². The highest BCUT2D eigenvalue weighted by atomic mass is 16.2. The second-order valence-electron chi connectivity index (χ2n) is 7.83. The number of aliphatic hydroxyl groups excluding tert-OH is 1. The van der Waals surface area contributed by atoms with Gasteiger partial charge in [0.2, 0.25) is 0 Å². The van der Waals surface area contributed by atoms with E-state index in [0.717, 1.165) is 6.42 Å². The van der Waals surface area contributed by atoms with E-state index in [0.29, 0.717) is 6.61 Å².